The third kappa shape index (κ3) is 2.69. The quantitative estimate of drug-likeness (QED) is 0.799. The van der Waals surface area contributed by atoms with Gasteiger partial charge in [0.05, 0.1) is 10.1 Å². The van der Waals surface area contributed by atoms with E-state index in [0.29, 0.717) is 16.7 Å². The number of aryl methyl sites for hydroxylation is 2. The fraction of sp³-hybridized carbons (Fsp3) is 0.538. The van der Waals surface area contributed by atoms with Gasteiger partial charge in [0.2, 0.25) is 0 Å². The highest BCUT2D eigenvalue weighted by atomic mass is 35.5. The zero-order chi connectivity index (χ0) is 14.3. The molecular formula is C13H18ClFO2S. The second-order valence-electron chi connectivity index (χ2n) is 5.19. The molecule has 0 saturated heterocycles. The fourth-order valence-electron chi connectivity index (χ4n) is 1.86. The van der Waals surface area contributed by atoms with Gasteiger partial charge >= 0.3 is 0 Å². The third-order valence-corrected chi connectivity index (χ3v) is 6.42. The van der Waals surface area contributed by atoms with Crippen LogP contribution in [0.2, 0.25) is 0 Å². The summed E-state index contributed by atoms with van der Waals surface area (Å²) in [5.41, 5.74) is 2.03. The minimum atomic E-state index is -3.32. The highest BCUT2D eigenvalue weighted by Gasteiger charge is 2.40. The van der Waals surface area contributed by atoms with Gasteiger partial charge in [-0.15, -0.1) is 11.6 Å². The molecule has 1 rings (SSSR count). The van der Waals surface area contributed by atoms with E-state index in [1.165, 1.54) is 12.1 Å². The van der Waals surface area contributed by atoms with E-state index in [4.69, 9.17) is 11.6 Å². The molecule has 0 aliphatic heterocycles. The topological polar surface area (TPSA) is 34.1 Å². The lowest BCUT2D eigenvalue weighted by Gasteiger charge is -2.30. The molecule has 5 heteroatoms. The Morgan fingerprint density at radius 1 is 1.22 bits per heavy atom. The van der Waals surface area contributed by atoms with Gasteiger partial charge in [0.15, 0.2) is 9.84 Å². The molecule has 102 valence electrons. The first-order valence-corrected chi connectivity index (χ1v) is 7.91. The molecule has 0 aliphatic carbocycles. The molecule has 2 nitrogen and oxygen atoms in total. The van der Waals surface area contributed by atoms with Gasteiger partial charge in [-0.3, -0.25) is 0 Å². The summed E-state index contributed by atoms with van der Waals surface area (Å²) in [6.07, 6.45) is 1.16. The number of benzene rings is 1. The monoisotopic (exact) mass is 292 g/mol. The maximum Gasteiger partial charge on any atom is 0.154 e. The molecule has 0 bridgehead atoms. The molecule has 0 N–H and O–H groups in total. The van der Waals surface area contributed by atoms with Crippen molar-refractivity contribution in [1.29, 1.82) is 0 Å². The summed E-state index contributed by atoms with van der Waals surface area (Å²) in [4.78, 5) is 0. The molecular weight excluding hydrogens is 275 g/mol. The van der Waals surface area contributed by atoms with E-state index in [9.17, 15) is 12.8 Å². The maximum absolute atomic E-state index is 13.2. The first-order chi connectivity index (χ1) is 7.98. The molecule has 18 heavy (non-hydrogen) atoms. The van der Waals surface area contributed by atoms with Gasteiger partial charge < -0.3 is 0 Å². The van der Waals surface area contributed by atoms with Crippen LogP contribution in [0, 0.1) is 19.7 Å². The highest BCUT2D eigenvalue weighted by Crippen LogP contribution is 2.40. The summed E-state index contributed by atoms with van der Waals surface area (Å²) in [7, 11) is -3.32. The van der Waals surface area contributed by atoms with Gasteiger partial charge in [-0.1, -0.05) is 0 Å². The van der Waals surface area contributed by atoms with Crippen molar-refractivity contribution in [2.45, 2.75) is 37.8 Å². The number of hydrogen-bond donors (Lipinski definition) is 0. The molecule has 0 heterocycles. The van der Waals surface area contributed by atoms with E-state index < -0.39 is 20.0 Å². The normalized spacial score (nSPS) is 14.6. The number of halogens is 2. The van der Waals surface area contributed by atoms with Gasteiger partial charge in [0.1, 0.15) is 5.82 Å². The summed E-state index contributed by atoms with van der Waals surface area (Å²) < 4.78 is 35.7. The molecule has 1 aromatic rings. The summed E-state index contributed by atoms with van der Waals surface area (Å²) in [6.45, 7) is 6.64. The number of hydrogen-bond acceptors (Lipinski definition) is 2. The predicted molar refractivity (Wildman–Crippen MR) is 73.4 cm³/mol. The molecule has 0 spiro atoms. The van der Waals surface area contributed by atoms with Crippen LogP contribution in [0.1, 0.15) is 35.9 Å². The smallest absolute Gasteiger partial charge is 0.154 e. The van der Waals surface area contributed by atoms with Crippen LogP contribution < -0.4 is 0 Å². The van der Waals surface area contributed by atoms with Crippen molar-refractivity contribution in [1.82, 2.24) is 0 Å². The van der Waals surface area contributed by atoms with Crippen LogP contribution in [-0.4, -0.2) is 19.4 Å². The van der Waals surface area contributed by atoms with Gasteiger partial charge in [0.25, 0.3) is 0 Å². The minimum Gasteiger partial charge on any atom is -0.229 e. The molecule has 0 fully saturated rings. The lowest BCUT2D eigenvalue weighted by molar-refractivity contribution is 0.542. The van der Waals surface area contributed by atoms with E-state index in [1.54, 1.807) is 27.7 Å². The molecule has 0 aliphatic rings. The lowest BCUT2D eigenvalue weighted by atomic mass is 9.93. The molecule has 1 atom stereocenters. The molecule has 1 unspecified atom stereocenters. The Hall–Kier alpha value is -0.610. The van der Waals surface area contributed by atoms with Crippen LogP contribution >= 0.6 is 11.6 Å². The summed E-state index contributed by atoms with van der Waals surface area (Å²) >= 11 is 6.34. The van der Waals surface area contributed by atoms with Crippen molar-refractivity contribution in [3.63, 3.8) is 0 Å². The Labute approximate surface area is 113 Å². The largest absolute Gasteiger partial charge is 0.229 e. The molecule has 0 amide bonds. The Bertz CT molecular complexity index is 541. The fourth-order valence-corrected chi connectivity index (χ4v) is 3.18. The van der Waals surface area contributed by atoms with E-state index in [2.05, 4.69) is 0 Å². The van der Waals surface area contributed by atoms with E-state index in [1.807, 2.05) is 0 Å². The maximum atomic E-state index is 13.2. The highest BCUT2D eigenvalue weighted by molar-refractivity contribution is 7.92. The number of rotatable bonds is 3. The predicted octanol–water partition coefficient (Wildman–Crippen LogP) is 3.55. The average Bonchev–Trinajstić information content (AvgIpc) is 2.13. The van der Waals surface area contributed by atoms with Crippen molar-refractivity contribution in [2.75, 3.05) is 6.26 Å². The van der Waals surface area contributed by atoms with Crippen molar-refractivity contribution < 1.29 is 12.8 Å². The number of sulfone groups is 1. The van der Waals surface area contributed by atoms with Crippen molar-refractivity contribution >= 4 is 21.4 Å². The summed E-state index contributed by atoms with van der Waals surface area (Å²) in [5.74, 6) is -0.338. The first kappa shape index (κ1) is 15.4. The third-order valence-electron chi connectivity index (χ3n) is 3.38. The van der Waals surface area contributed by atoms with E-state index >= 15 is 0 Å². The second-order valence-corrected chi connectivity index (χ2v) is 8.22. The second kappa shape index (κ2) is 4.82. The zero-order valence-electron chi connectivity index (χ0n) is 11.2. The van der Waals surface area contributed by atoms with Crippen LogP contribution in [0.4, 0.5) is 4.39 Å². The Morgan fingerprint density at radius 2 is 1.61 bits per heavy atom. The van der Waals surface area contributed by atoms with Crippen LogP contribution in [0.5, 0.6) is 0 Å². The first-order valence-electron chi connectivity index (χ1n) is 5.58. The van der Waals surface area contributed by atoms with Gasteiger partial charge in [0, 0.05) is 6.26 Å². The Balaban J connectivity index is 3.41. The molecule has 0 radical (unpaired) electrons. The molecule has 0 saturated carbocycles. The molecule has 0 aromatic heterocycles. The van der Waals surface area contributed by atoms with Crippen molar-refractivity contribution in [3.05, 3.63) is 34.6 Å². The lowest BCUT2D eigenvalue weighted by Crippen LogP contribution is -2.36. The van der Waals surface area contributed by atoms with Gasteiger partial charge in [-0.25, -0.2) is 12.8 Å². The SMILES string of the molecule is Cc1cc(F)cc(C)c1C(Cl)C(C)(C)S(C)(=O)=O. The van der Waals surface area contributed by atoms with Crippen LogP contribution in [-0.2, 0) is 9.84 Å². The van der Waals surface area contributed by atoms with Crippen LogP contribution in [0.3, 0.4) is 0 Å². The van der Waals surface area contributed by atoms with Crippen molar-refractivity contribution in [3.8, 4) is 0 Å². The van der Waals surface area contributed by atoms with Crippen molar-refractivity contribution in [2.24, 2.45) is 0 Å². The summed E-state index contributed by atoms with van der Waals surface area (Å²) in [5, 5.41) is -0.715. The minimum absolute atomic E-state index is 0.338. The van der Waals surface area contributed by atoms with Gasteiger partial charge in [-0.2, -0.15) is 0 Å². The standard InChI is InChI=1S/C13H18ClFO2S/c1-8-6-10(15)7-9(2)11(8)12(14)13(3,4)18(5,16)17/h6-7,12H,1-5H3. The average molecular weight is 293 g/mol. The van der Waals surface area contributed by atoms with E-state index in [0.717, 1.165) is 6.26 Å². The van der Waals surface area contributed by atoms with Crippen LogP contribution in [0.15, 0.2) is 12.1 Å². The van der Waals surface area contributed by atoms with E-state index in [-0.39, 0.29) is 5.82 Å². The summed E-state index contributed by atoms with van der Waals surface area (Å²) in [6, 6.07) is 2.74. The van der Waals surface area contributed by atoms with Crippen LogP contribution in [0.25, 0.3) is 0 Å². The van der Waals surface area contributed by atoms with Gasteiger partial charge in [-0.05, 0) is 56.5 Å². The Morgan fingerprint density at radius 3 is 1.94 bits per heavy atom. The zero-order valence-corrected chi connectivity index (χ0v) is 12.8. The molecule has 1 aromatic carbocycles. The number of alkyl halides is 1. The Kier molecular flexibility index (Phi) is 4.13.